The summed E-state index contributed by atoms with van der Waals surface area (Å²) in [6.07, 6.45) is 0. The maximum Gasteiger partial charge on any atom is 0.396 e. The lowest BCUT2D eigenvalue weighted by Gasteiger charge is -2.04. The molecule has 0 aliphatic rings. The molecule has 0 N–H and O–H groups in total. The number of benzene rings is 2. The molecule has 0 saturated heterocycles. The van der Waals surface area contributed by atoms with Crippen molar-refractivity contribution in [3.63, 3.8) is 0 Å². The number of hydrogen-bond donors (Lipinski definition) is 0. The summed E-state index contributed by atoms with van der Waals surface area (Å²) in [5.41, 5.74) is 0.942. The molecule has 0 amide bonds. The average Bonchev–Trinajstić information content (AvgIpc) is 2.78. The van der Waals surface area contributed by atoms with E-state index in [2.05, 4.69) is 15.9 Å². The number of rotatable bonds is 2. The molecule has 0 spiro atoms. The zero-order valence-electron chi connectivity index (χ0n) is 9.96. The third kappa shape index (κ3) is 2.66. The molecule has 6 heteroatoms. The molecule has 0 unspecified atom stereocenters. The van der Waals surface area contributed by atoms with Crippen LogP contribution in [0.4, 0.5) is 0 Å². The average molecular weight is 351 g/mol. The van der Waals surface area contributed by atoms with E-state index in [9.17, 15) is 9.59 Å². The normalized spacial score (nSPS) is 10.7. The zero-order chi connectivity index (χ0) is 14.1. The van der Waals surface area contributed by atoms with Gasteiger partial charge in [-0.3, -0.25) is 0 Å². The van der Waals surface area contributed by atoms with Crippen LogP contribution in [0.5, 0.6) is 5.75 Å². The van der Waals surface area contributed by atoms with Gasteiger partial charge < -0.3 is 9.15 Å². The Morgan fingerprint density at radius 3 is 2.65 bits per heavy atom. The van der Waals surface area contributed by atoms with Crippen molar-refractivity contribution in [1.29, 1.82) is 0 Å². The fraction of sp³-hybridized carbons (Fsp3) is 0. The Morgan fingerprint density at radius 2 is 1.90 bits per heavy atom. The van der Waals surface area contributed by atoms with Crippen LogP contribution in [0.2, 0.25) is 0 Å². The van der Waals surface area contributed by atoms with Crippen LogP contribution in [0.25, 0.3) is 10.3 Å². The number of carbonyl (C=O) groups is 1. The summed E-state index contributed by atoms with van der Waals surface area (Å²) in [6, 6.07) is 11.7. The second kappa shape index (κ2) is 5.22. The Morgan fingerprint density at radius 1 is 1.15 bits per heavy atom. The molecule has 1 heterocycles. The van der Waals surface area contributed by atoms with E-state index in [1.165, 1.54) is 0 Å². The van der Waals surface area contributed by atoms with Gasteiger partial charge >= 0.3 is 10.9 Å². The van der Waals surface area contributed by atoms with Gasteiger partial charge in [-0.15, -0.1) is 0 Å². The highest BCUT2D eigenvalue weighted by molar-refractivity contribution is 9.10. The molecular weight excluding hydrogens is 344 g/mol. The topological polar surface area (TPSA) is 56.5 Å². The summed E-state index contributed by atoms with van der Waals surface area (Å²) < 4.78 is 11.7. The van der Waals surface area contributed by atoms with Crippen molar-refractivity contribution in [3.05, 3.63) is 62.2 Å². The first kappa shape index (κ1) is 13.1. The van der Waals surface area contributed by atoms with Crippen molar-refractivity contribution in [3.8, 4) is 5.75 Å². The number of carbonyl (C=O) groups excluding carboxylic acids is 1. The summed E-state index contributed by atoms with van der Waals surface area (Å²) in [6.45, 7) is 0. The number of halogens is 1. The molecule has 0 atom stereocenters. The number of esters is 1. The van der Waals surface area contributed by atoms with Gasteiger partial charge in [0.05, 0.1) is 10.3 Å². The number of fused-ring (bicyclic) bond motifs is 1. The van der Waals surface area contributed by atoms with Gasteiger partial charge in [-0.1, -0.05) is 27.3 Å². The predicted molar refractivity (Wildman–Crippen MR) is 79.5 cm³/mol. The van der Waals surface area contributed by atoms with E-state index in [1.54, 1.807) is 42.5 Å². The molecule has 0 saturated carbocycles. The third-order valence-corrected chi connectivity index (χ3v) is 3.91. The van der Waals surface area contributed by atoms with Crippen LogP contribution in [0, 0.1) is 0 Å². The quantitative estimate of drug-likeness (QED) is 0.520. The lowest BCUT2D eigenvalue weighted by Crippen LogP contribution is -2.07. The van der Waals surface area contributed by atoms with Crippen LogP contribution < -0.4 is 9.68 Å². The summed E-state index contributed by atoms with van der Waals surface area (Å²) in [5.74, 6) is -0.0739. The van der Waals surface area contributed by atoms with E-state index >= 15 is 0 Å². The van der Waals surface area contributed by atoms with Gasteiger partial charge in [0.2, 0.25) is 0 Å². The molecule has 0 bridgehead atoms. The summed E-state index contributed by atoms with van der Waals surface area (Å²) >= 11 is 4.27. The molecule has 100 valence electrons. The van der Waals surface area contributed by atoms with E-state index < -0.39 is 5.97 Å². The highest BCUT2D eigenvalue weighted by Gasteiger charge is 2.10. The molecular formula is C14H7BrO4S. The van der Waals surface area contributed by atoms with Crippen molar-refractivity contribution >= 4 is 43.5 Å². The molecule has 0 aliphatic heterocycles. The lowest BCUT2D eigenvalue weighted by molar-refractivity contribution is 0.0735. The van der Waals surface area contributed by atoms with Crippen molar-refractivity contribution in [2.75, 3.05) is 0 Å². The highest BCUT2D eigenvalue weighted by Crippen LogP contribution is 2.23. The van der Waals surface area contributed by atoms with Crippen LogP contribution in [0.3, 0.4) is 0 Å². The standard InChI is InChI=1S/C14H7BrO4S/c15-9-3-1-8(2-4-9)13(16)18-10-5-6-11-12(7-10)20-14(17)19-11/h1-7H. The van der Waals surface area contributed by atoms with Crippen LogP contribution >= 0.6 is 27.3 Å². The maximum absolute atomic E-state index is 11.9. The first-order chi connectivity index (χ1) is 9.61. The fourth-order valence-corrected chi connectivity index (χ4v) is 2.63. The summed E-state index contributed by atoms with van der Waals surface area (Å²) in [7, 11) is 0. The molecule has 2 aromatic carbocycles. The van der Waals surface area contributed by atoms with Crippen LogP contribution in [-0.2, 0) is 0 Å². The van der Waals surface area contributed by atoms with E-state index in [0.717, 1.165) is 15.8 Å². The monoisotopic (exact) mass is 350 g/mol. The van der Waals surface area contributed by atoms with Crippen LogP contribution in [0.15, 0.2) is 56.1 Å². The smallest absolute Gasteiger partial charge is 0.396 e. The molecule has 3 aromatic rings. The molecule has 3 rings (SSSR count). The van der Waals surface area contributed by atoms with Gasteiger partial charge in [0.1, 0.15) is 11.3 Å². The van der Waals surface area contributed by atoms with Crippen LogP contribution in [0.1, 0.15) is 10.4 Å². The van der Waals surface area contributed by atoms with E-state index in [4.69, 9.17) is 9.15 Å². The van der Waals surface area contributed by atoms with E-state index in [0.29, 0.717) is 21.6 Å². The number of ether oxygens (including phenoxy) is 1. The van der Waals surface area contributed by atoms with E-state index in [-0.39, 0.29) is 4.94 Å². The highest BCUT2D eigenvalue weighted by atomic mass is 79.9. The summed E-state index contributed by atoms with van der Waals surface area (Å²) in [5, 5.41) is 0. The van der Waals surface area contributed by atoms with Crippen LogP contribution in [-0.4, -0.2) is 5.97 Å². The van der Waals surface area contributed by atoms with Gasteiger partial charge in [0.25, 0.3) is 0 Å². The van der Waals surface area contributed by atoms with E-state index in [1.807, 2.05) is 0 Å². The van der Waals surface area contributed by atoms with Gasteiger partial charge in [-0.05, 0) is 36.4 Å². The minimum atomic E-state index is -0.451. The first-order valence-electron chi connectivity index (χ1n) is 5.63. The lowest BCUT2D eigenvalue weighted by atomic mass is 10.2. The zero-order valence-corrected chi connectivity index (χ0v) is 12.4. The molecule has 0 fully saturated rings. The van der Waals surface area contributed by atoms with Gasteiger partial charge in [-0.2, -0.15) is 0 Å². The Bertz CT molecular complexity index is 832. The van der Waals surface area contributed by atoms with Crippen molar-refractivity contribution in [2.45, 2.75) is 0 Å². The minimum Gasteiger partial charge on any atom is -0.423 e. The van der Waals surface area contributed by atoms with Gasteiger partial charge in [0.15, 0.2) is 0 Å². The second-order valence-corrected chi connectivity index (χ2v) is 5.85. The first-order valence-corrected chi connectivity index (χ1v) is 7.24. The Balaban J connectivity index is 1.86. The second-order valence-electron chi connectivity index (χ2n) is 3.96. The summed E-state index contributed by atoms with van der Waals surface area (Å²) in [4.78, 5) is 22.7. The fourth-order valence-electron chi connectivity index (χ4n) is 1.67. The van der Waals surface area contributed by atoms with Crippen molar-refractivity contribution in [2.24, 2.45) is 0 Å². The molecule has 1 aromatic heterocycles. The Hall–Kier alpha value is -1.92. The largest absolute Gasteiger partial charge is 0.423 e. The molecule has 20 heavy (non-hydrogen) atoms. The molecule has 0 radical (unpaired) electrons. The Labute approximate surface area is 125 Å². The van der Waals surface area contributed by atoms with Gasteiger partial charge in [0, 0.05) is 10.5 Å². The minimum absolute atomic E-state index is 0.377. The molecule has 4 nitrogen and oxygen atoms in total. The predicted octanol–water partition coefficient (Wildman–Crippen LogP) is 3.84. The third-order valence-electron chi connectivity index (χ3n) is 2.59. The Kier molecular flexibility index (Phi) is 3.42. The SMILES string of the molecule is O=C(Oc1ccc2oc(=O)sc2c1)c1ccc(Br)cc1. The molecule has 0 aliphatic carbocycles. The van der Waals surface area contributed by atoms with Crippen molar-refractivity contribution < 1.29 is 13.9 Å². The van der Waals surface area contributed by atoms with Gasteiger partial charge in [-0.25, -0.2) is 9.59 Å². The number of hydrogen-bond acceptors (Lipinski definition) is 5. The maximum atomic E-state index is 11.9. The van der Waals surface area contributed by atoms with Crippen molar-refractivity contribution in [1.82, 2.24) is 0 Å².